The average molecular weight is 376 g/mol. The number of nitrogens with one attached hydrogen (secondary N) is 2. The zero-order valence-electron chi connectivity index (χ0n) is 15.9. The zero-order chi connectivity index (χ0) is 20.2. The van der Waals surface area contributed by atoms with Crippen LogP contribution >= 0.6 is 0 Å². The van der Waals surface area contributed by atoms with Gasteiger partial charge in [-0.15, -0.1) is 0 Å². The SMILES string of the molecule is CCC(=O)NCCCC(=O)NCCOCCOCC(=O)C(C)C.O=CO. The Morgan fingerprint density at radius 1 is 1.00 bits per heavy atom. The van der Waals surface area contributed by atoms with Crippen LogP contribution in [0.1, 0.15) is 40.0 Å². The number of carboxylic acid groups (broad SMARTS) is 1. The molecule has 152 valence electrons. The lowest BCUT2D eigenvalue weighted by Crippen LogP contribution is -2.29. The summed E-state index contributed by atoms with van der Waals surface area (Å²) in [6.07, 6.45) is 1.46. The lowest BCUT2D eigenvalue weighted by Gasteiger charge is -2.08. The van der Waals surface area contributed by atoms with Gasteiger partial charge in [-0.25, -0.2) is 0 Å². The number of carbonyl (C=O) groups is 4. The van der Waals surface area contributed by atoms with E-state index in [4.69, 9.17) is 19.4 Å². The molecule has 0 aliphatic heterocycles. The molecule has 0 aromatic carbocycles. The maximum atomic E-state index is 11.5. The van der Waals surface area contributed by atoms with Crippen LogP contribution in [0, 0.1) is 5.92 Å². The lowest BCUT2D eigenvalue weighted by molar-refractivity contribution is -0.127. The maximum absolute atomic E-state index is 11.5. The van der Waals surface area contributed by atoms with Crippen LogP contribution in [0.25, 0.3) is 0 Å². The van der Waals surface area contributed by atoms with Crippen molar-refractivity contribution in [2.24, 2.45) is 5.92 Å². The van der Waals surface area contributed by atoms with E-state index in [1.807, 2.05) is 13.8 Å². The lowest BCUT2D eigenvalue weighted by atomic mass is 10.1. The van der Waals surface area contributed by atoms with Crippen LogP contribution in [-0.4, -0.2) is 68.7 Å². The Labute approximate surface area is 154 Å². The molecule has 0 aromatic rings. The van der Waals surface area contributed by atoms with E-state index >= 15 is 0 Å². The molecule has 0 bridgehead atoms. The predicted molar refractivity (Wildman–Crippen MR) is 95.7 cm³/mol. The summed E-state index contributed by atoms with van der Waals surface area (Å²) in [7, 11) is 0. The molecular weight excluding hydrogens is 344 g/mol. The van der Waals surface area contributed by atoms with Crippen molar-refractivity contribution in [3.05, 3.63) is 0 Å². The largest absolute Gasteiger partial charge is 0.483 e. The summed E-state index contributed by atoms with van der Waals surface area (Å²) >= 11 is 0. The fourth-order valence-corrected chi connectivity index (χ4v) is 1.51. The van der Waals surface area contributed by atoms with Gasteiger partial charge in [0, 0.05) is 31.8 Å². The van der Waals surface area contributed by atoms with Gasteiger partial charge in [-0.05, 0) is 6.42 Å². The van der Waals surface area contributed by atoms with Gasteiger partial charge < -0.3 is 25.2 Å². The van der Waals surface area contributed by atoms with Gasteiger partial charge in [-0.2, -0.15) is 0 Å². The topological polar surface area (TPSA) is 131 Å². The van der Waals surface area contributed by atoms with Crippen LogP contribution in [0.5, 0.6) is 0 Å². The molecular formula is C17H32N2O7. The number of rotatable bonds is 14. The molecule has 0 unspecified atom stereocenters. The molecule has 0 spiro atoms. The summed E-state index contributed by atoms with van der Waals surface area (Å²) in [5, 5.41) is 12.3. The van der Waals surface area contributed by atoms with E-state index in [9.17, 15) is 14.4 Å². The molecule has 0 aromatic heterocycles. The van der Waals surface area contributed by atoms with Gasteiger partial charge in [-0.1, -0.05) is 20.8 Å². The van der Waals surface area contributed by atoms with E-state index in [1.54, 1.807) is 6.92 Å². The van der Waals surface area contributed by atoms with Crippen LogP contribution in [-0.2, 0) is 28.7 Å². The summed E-state index contributed by atoms with van der Waals surface area (Å²) in [6, 6.07) is 0. The van der Waals surface area contributed by atoms with Gasteiger partial charge in [0.05, 0.1) is 19.8 Å². The van der Waals surface area contributed by atoms with Crippen molar-refractivity contribution in [2.45, 2.75) is 40.0 Å². The van der Waals surface area contributed by atoms with Crippen LogP contribution in [0.2, 0.25) is 0 Å². The number of amides is 2. The monoisotopic (exact) mass is 376 g/mol. The van der Waals surface area contributed by atoms with Crippen LogP contribution in [0.4, 0.5) is 0 Å². The third-order valence-electron chi connectivity index (χ3n) is 3.05. The van der Waals surface area contributed by atoms with Gasteiger partial charge >= 0.3 is 0 Å². The number of ether oxygens (including phenoxy) is 2. The van der Waals surface area contributed by atoms with Gasteiger partial charge in [0.2, 0.25) is 11.8 Å². The summed E-state index contributed by atoms with van der Waals surface area (Å²) in [5.41, 5.74) is 0. The molecule has 3 N–H and O–H groups in total. The fraction of sp³-hybridized carbons (Fsp3) is 0.765. The van der Waals surface area contributed by atoms with E-state index < -0.39 is 0 Å². The first-order valence-electron chi connectivity index (χ1n) is 8.68. The van der Waals surface area contributed by atoms with Crippen molar-refractivity contribution in [1.29, 1.82) is 0 Å². The first-order valence-corrected chi connectivity index (χ1v) is 8.68. The minimum Gasteiger partial charge on any atom is -0.483 e. The Hall–Kier alpha value is -2.00. The van der Waals surface area contributed by atoms with Gasteiger partial charge in [0.25, 0.3) is 6.47 Å². The molecule has 0 rings (SSSR count). The molecule has 0 saturated heterocycles. The number of ketones is 1. The second-order valence-electron chi connectivity index (χ2n) is 5.55. The minimum absolute atomic E-state index is 0.00359. The molecule has 0 heterocycles. The van der Waals surface area contributed by atoms with Crippen LogP contribution < -0.4 is 10.6 Å². The third-order valence-corrected chi connectivity index (χ3v) is 3.05. The Morgan fingerprint density at radius 3 is 2.15 bits per heavy atom. The number of hydrogen-bond acceptors (Lipinski definition) is 6. The predicted octanol–water partition coefficient (Wildman–Crippen LogP) is 0.368. The molecule has 9 heteroatoms. The first-order chi connectivity index (χ1) is 12.4. The zero-order valence-corrected chi connectivity index (χ0v) is 15.9. The number of carbonyl (C=O) groups excluding carboxylic acids is 3. The highest BCUT2D eigenvalue weighted by Gasteiger charge is 2.06. The second-order valence-corrected chi connectivity index (χ2v) is 5.55. The van der Waals surface area contributed by atoms with Crippen molar-refractivity contribution in [1.82, 2.24) is 10.6 Å². The highest BCUT2D eigenvalue weighted by Crippen LogP contribution is 1.94. The summed E-state index contributed by atoms with van der Waals surface area (Å²) in [4.78, 5) is 42.1. The van der Waals surface area contributed by atoms with E-state index in [0.717, 1.165) is 0 Å². The van der Waals surface area contributed by atoms with Gasteiger partial charge in [0.15, 0.2) is 5.78 Å². The molecule has 9 nitrogen and oxygen atoms in total. The Morgan fingerprint density at radius 2 is 1.58 bits per heavy atom. The average Bonchev–Trinajstić information content (AvgIpc) is 2.61. The van der Waals surface area contributed by atoms with Gasteiger partial charge in [-0.3, -0.25) is 19.2 Å². The highest BCUT2D eigenvalue weighted by atomic mass is 16.5. The standard InChI is InChI=1S/C16H30N2O5.CH2O2/c1-4-15(20)17-7-5-6-16(21)18-8-9-22-10-11-23-12-14(19)13(2)3;2-1-3/h13H,4-12H2,1-3H3,(H,17,20)(H,18,21);1H,(H,2,3). The van der Waals surface area contributed by atoms with Crippen molar-refractivity contribution < 1.29 is 33.8 Å². The van der Waals surface area contributed by atoms with Crippen molar-refractivity contribution in [3.63, 3.8) is 0 Å². The van der Waals surface area contributed by atoms with Crippen molar-refractivity contribution in [3.8, 4) is 0 Å². The summed E-state index contributed by atoms with van der Waals surface area (Å²) < 4.78 is 10.5. The molecule has 0 aliphatic carbocycles. The molecule has 0 saturated carbocycles. The molecule has 0 aliphatic rings. The quantitative estimate of drug-likeness (QED) is 0.295. The molecule has 26 heavy (non-hydrogen) atoms. The normalized spacial score (nSPS) is 9.85. The Balaban J connectivity index is 0. The van der Waals surface area contributed by atoms with Crippen molar-refractivity contribution in [2.75, 3.05) is 39.5 Å². The fourth-order valence-electron chi connectivity index (χ4n) is 1.51. The van der Waals surface area contributed by atoms with E-state index in [-0.39, 0.29) is 36.6 Å². The Kier molecular flexibility index (Phi) is 19.5. The van der Waals surface area contributed by atoms with Crippen LogP contribution in [0.15, 0.2) is 0 Å². The molecule has 0 radical (unpaired) electrons. The van der Waals surface area contributed by atoms with Gasteiger partial charge in [0.1, 0.15) is 6.61 Å². The Bertz CT molecular complexity index is 401. The minimum atomic E-state index is -0.250. The summed E-state index contributed by atoms with van der Waals surface area (Å²) in [6.45, 7) is 7.44. The van der Waals surface area contributed by atoms with E-state index in [2.05, 4.69) is 10.6 Å². The number of Topliss-reactive ketones (excluding diaryl/α,β-unsaturated/α-hetero) is 1. The smallest absolute Gasteiger partial charge is 0.290 e. The van der Waals surface area contributed by atoms with Crippen LogP contribution in [0.3, 0.4) is 0 Å². The second kappa shape index (κ2) is 19.3. The van der Waals surface area contributed by atoms with E-state index in [0.29, 0.717) is 52.2 Å². The highest BCUT2D eigenvalue weighted by molar-refractivity contribution is 5.81. The maximum Gasteiger partial charge on any atom is 0.290 e. The number of hydrogen-bond donors (Lipinski definition) is 3. The first kappa shape index (κ1) is 26.2. The molecule has 2 amide bonds. The van der Waals surface area contributed by atoms with E-state index in [1.165, 1.54) is 0 Å². The van der Waals surface area contributed by atoms with Crippen molar-refractivity contribution >= 4 is 24.1 Å². The summed E-state index contributed by atoms with van der Waals surface area (Å²) in [5.74, 6) is 0.00284. The molecule has 0 atom stereocenters. The molecule has 0 fully saturated rings. The third kappa shape index (κ3) is 20.0.